The number of piperazine rings is 1. The van der Waals surface area contributed by atoms with Gasteiger partial charge in [0.2, 0.25) is 5.91 Å². The van der Waals surface area contributed by atoms with Gasteiger partial charge in [0.15, 0.2) is 0 Å². The van der Waals surface area contributed by atoms with Crippen molar-refractivity contribution < 1.29 is 14.3 Å². The van der Waals surface area contributed by atoms with Crippen LogP contribution >= 0.6 is 0 Å². The maximum Gasteiger partial charge on any atom is 0.257 e. The molecule has 1 saturated heterocycles. The lowest BCUT2D eigenvalue weighted by atomic mass is 9.94. The number of nitrogens with zero attached hydrogens (tertiary/aromatic N) is 2. The van der Waals surface area contributed by atoms with Crippen molar-refractivity contribution in [2.75, 3.05) is 39.3 Å². The second kappa shape index (κ2) is 8.54. The van der Waals surface area contributed by atoms with Crippen LogP contribution < -0.4 is 10.5 Å². The lowest BCUT2D eigenvalue weighted by Crippen LogP contribution is -2.52. The Hall–Kier alpha value is -2.08. The van der Waals surface area contributed by atoms with E-state index >= 15 is 0 Å². The Bertz CT molecular complexity index is 641. The van der Waals surface area contributed by atoms with E-state index in [2.05, 4.69) is 0 Å². The van der Waals surface area contributed by atoms with E-state index in [1.54, 1.807) is 6.07 Å². The van der Waals surface area contributed by atoms with Crippen molar-refractivity contribution in [3.05, 3.63) is 29.8 Å². The highest BCUT2D eigenvalue weighted by molar-refractivity contribution is 5.97. The standard InChI is InChI=1S/C20H29N3O3/c1-2-26-18-9-4-3-7-17(18)20(25)23-12-10-22(11-13-23)19(24)16-8-5-6-15(16)14-21/h3-4,7,9,15-16H,2,5-6,8,10-14,21H2,1H3/t15-,16-/m1/s1. The minimum atomic E-state index is -0.0261. The molecule has 2 aliphatic rings. The van der Waals surface area contributed by atoms with Crippen LogP contribution in [0.4, 0.5) is 0 Å². The van der Waals surface area contributed by atoms with E-state index in [4.69, 9.17) is 10.5 Å². The third kappa shape index (κ3) is 3.85. The van der Waals surface area contributed by atoms with E-state index in [1.165, 1.54) is 0 Å². The molecule has 2 amide bonds. The molecule has 1 aromatic rings. The molecule has 1 aliphatic carbocycles. The van der Waals surface area contributed by atoms with Crippen molar-refractivity contribution in [1.82, 2.24) is 9.80 Å². The molecule has 1 saturated carbocycles. The summed E-state index contributed by atoms with van der Waals surface area (Å²) in [6.45, 7) is 5.32. The van der Waals surface area contributed by atoms with Crippen LogP contribution in [0.5, 0.6) is 5.75 Å². The van der Waals surface area contributed by atoms with Gasteiger partial charge in [-0.25, -0.2) is 0 Å². The maximum atomic E-state index is 12.9. The number of carbonyl (C=O) groups excluding carboxylic acids is 2. The molecule has 2 N–H and O–H groups in total. The summed E-state index contributed by atoms with van der Waals surface area (Å²) in [5.41, 5.74) is 6.41. The lowest BCUT2D eigenvalue weighted by molar-refractivity contribution is -0.138. The topological polar surface area (TPSA) is 75.9 Å². The fourth-order valence-corrected chi connectivity index (χ4v) is 4.10. The predicted octanol–water partition coefficient (Wildman–Crippen LogP) is 1.74. The van der Waals surface area contributed by atoms with E-state index in [-0.39, 0.29) is 17.7 Å². The summed E-state index contributed by atoms with van der Waals surface area (Å²) in [5.74, 6) is 1.21. The highest BCUT2D eigenvalue weighted by Gasteiger charge is 2.36. The summed E-state index contributed by atoms with van der Waals surface area (Å²) in [6, 6.07) is 7.34. The fraction of sp³-hybridized carbons (Fsp3) is 0.600. The van der Waals surface area contributed by atoms with E-state index in [9.17, 15) is 9.59 Å². The van der Waals surface area contributed by atoms with Gasteiger partial charge >= 0.3 is 0 Å². The molecule has 0 aromatic heterocycles. The molecule has 1 aliphatic heterocycles. The van der Waals surface area contributed by atoms with Crippen LogP contribution in [0.2, 0.25) is 0 Å². The van der Waals surface area contributed by atoms with Gasteiger partial charge in [0.1, 0.15) is 5.75 Å². The molecule has 1 aromatic carbocycles. The summed E-state index contributed by atoms with van der Waals surface area (Å²) in [6.07, 6.45) is 3.09. The Labute approximate surface area is 155 Å². The number of ether oxygens (including phenoxy) is 1. The molecule has 142 valence electrons. The van der Waals surface area contributed by atoms with Gasteiger partial charge in [0.25, 0.3) is 5.91 Å². The molecule has 6 heteroatoms. The SMILES string of the molecule is CCOc1ccccc1C(=O)N1CCN(C(=O)[C@@H]2CCC[C@@H]2CN)CC1. The number of rotatable bonds is 5. The van der Waals surface area contributed by atoms with E-state index in [0.29, 0.717) is 56.6 Å². The first kappa shape index (κ1) is 18.7. The molecule has 2 fully saturated rings. The summed E-state index contributed by atoms with van der Waals surface area (Å²) < 4.78 is 5.58. The number of benzene rings is 1. The average Bonchev–Trinajstić information content (AvgIpc) is 3.16. The largest absolute Gasteiger partial charge is 0.493 e. The number of para-hydroxylation sites is 1. The Kier molecular flexibility index (Phi) is 6.14. The van der Waals surface area contributed by atoms with Gasteiger partial charge in [-0.1, -0.05) is 18.6 Å². The molecule has 2 atom stereocenters. The number of hydrogen-bond donors (Lipinski definition) is 1. The molecule has 0 unspecified atom stereocenters. The zero-order chi connectivity index (χ0) is 18.5. The van der Waals surface area contributed by atoms with Gasteiger partial charge in [-0.15, -0.1) is 0 Å². The second-order valence-corrected chi connectivity index (χ2v) is 7.08. The third-order valence-corrected chi connectivity index (χ3v) is 5.57. The fourth-order valence-electron chi connectivity index (χ4n) is 4.10. The number of carbonyl (C=O) groups is 2. The zero-order valence-electron chi connectivity index (χ0n) is 15.5. The third-order valence-electron chi connectivity index (χ3n) is 5.57. The molecule has 3 rings (SSSR count). The van der Waals surface area contributed by atoms with Crippen LogP contribution in [0.3, 0.4) is 0 Å². The Morgan fingerprint density at radius 1 is 1.12 bits per heavy atom. The number of amides is 2. The summed E-state index contributed by atoms with van der Waals surface area (Å²) >= 11 is 0. The Morgan fingerprint density at radius 3 is 2.50 bits per heavy atom. The van der Waals surface area contributed by atoms with E-state index in [0.717, 1.165) is 19.3 Å². The van der Waals surface area contributed by atoms with Gasteiger partial charge in [-0.05, 0) is 44.4 Å². The highest BCUT2D eigenvalue weighted by atomic mass is 16.5. The Morgan fingerprint density at radius 2 is 1.81 bits per heavy atom. The molecule has 0 spiro atoms. The van der Waals surface area contributed by atoms with Gasteiger partial charge in [-0.2, -0.15) is 0 Å². The van der Waals surface area contributed by atoms with Gasteiger partial charge in [0.05, 0.1) is 12.2 Å². The molecular weight excluding hydrogens is 330 g/mol. The minimum Gasteiger partial charge on any atom is -0.493 e. The van der Waals surface area contributed by atoms with E-state index < -0.39 is 0 Å². The molecule has 6 nitrogen and oxygen atoms in total. The normalized spacial score (nSPS) is 23.2. The molecule has 1 heterocycles. The average molecular weight is 359 g/mol. The van der Waals surface area contributed by atoms with Crippen molar-refractivity contribution in [2.45, 2.75) is 26.2 Å². The quantitative estimate of drug-likeness (QED) is 0.869. The second-order valence-electron chi connectivity index (χ2n) is 7.08. The number of hydrogen-bond acceptors (Lipinski definition) is 4. The van der Waals surface area contributed by atoms with Crippen molar-refractivity contribution in [3.63, 3.8) is 0 Å². The summed E-state index contributed by atoms with van der Waals surface area (Å²) in [4.78, 5) is 29.4. The molecule has 0 radical (unpaired) electrons. The zero-order valence-corrected chi connectivity index (χ0v) is 15.5. The van der Waals surface area contributed by atoms with Gasteiger partial charge in [-0.3, -0.25) is 9.59 Å². The first-order chi connectivity index (χ1) is 12.7. The predicted molar refractivity (Wildman–Crippen MR) is 100.0 cm³/mol. The van der Waals surface area contributed by atoms with Gasteiger partial charge < -0.3 is 20.3 Å². The first-order valence-corrected chi connectivity index (χ1v) is 9.65. The van der Waals surface area contributed by atoms with Crippen LogP contribution in [0.1, 0.15) is 36.5 Å². The molecular formula is C20H29N3O3. The molecule has 26 heavy (non-hydrogen) atoms. The monoisotopic (exact) mass is 359 g/mol. The smallest absolute Gasteiger partial charge is 0.257 e. The van der Waals surface area contributed by atoms with Crippen LogP contribution in [-0.4, -0.2) is 60.9 Å². The van der Waals surface area contributed by atoms with Crippen molar-refractivity contribution in [2.24, 2.45) is 17.6 Å². The molecule has 0 bridgehead atoms. The van der Waals surface area contributed by atoms with Crippen LogP contribution in [0.15, 0.2) is 24.3 Å². The van der Waals surface area contributed by atoms with Crippen molar-refractivity contribution >= 4 is 11.8 Å². The van der Waals surface area contributed by atoms with Gasteiger partial charge in [0, 0.05) is 32.1 Å². The summed E-state index contributed by atoms with van der Waals surface area (Å²) in [7, 11) is 0. The van der Waals surface area contributed by atoms with Crippen LogP contribution in [0, 0.1) is 11.8 Å². The van der Waals surface area contributed by atoms with E-state index in [1.807, 2.05) is 34.9 Å². The summed E-state index contributed by atoms with van der Waals surface area (Å²) in [5, 5.41) is 0. The number of nitrogens with two attached hydrogens (primary N) is 1. The van der Waals surface area contributed by atoms with Crippen LogP contribution in [-0.2, 0) is 4.79 Å². The Balaban J connectivity index is 1.60. The first-order valence-electron chi connectivity index (χ1n) is 9.65. The van der Waals surface area contributed by atoms with Crippen molar-refractivity contribution in [1.29, 1.82) is 0 Å². The van der Waals surface area contributed by atoms with Crippen molar-refractivity contribution in [3.8, 4) is 5.75 Å². The lowest BCUT2D eigenvalue weighted by Gasteiger charge is -2.37. The maximum absolute atomic E-state index is 12.9. The van der Waals surface area contributed by atoms with Crippen LogP contribution in [0.25, 0.3) is 0 Å². The highest BCUT2D eigenvalue weighted by Crippen LogP contribution is 2.32. The minimum absolute atomic E-state index is 0.0261.